The van der Waals surface area contributed by atoms with Crippen LogP contribution in [0.15, 0.2) is 60.7 Å². The fourth-order valence-corrected chi connectivity index (χ4v) is 4.88. The second-order valence-corrected chi connectivity index (χ2v) is 9.26. The summed E-state index contributed by atoms with van der Waals surface area (Å²) in [5.41, 5.74) is 0.318. The van der Waals surface area contributed by atoms with E-state index >= 15 is 0 Å². The zero-order chi connectivity index (χ0) is 25.6. The monoisotopic (exact) mass is 486 g/mol. The Morgan fingerprint density at radius 3 is 2.56 bits per heavy atom. The van der Waals surface area contributed by atoms with Gasteiger partial charge in [0.05, 0.1) is 18.5 Å². The number of nitrogens with one attached hydrogen (secondary N) is 2. The Bertz CT molecular complexity index is 1420. The lowest BCUT2D eigenvalue weighted by molar-refractivity contribution is -0.134. The van der Waals surface area contributed by atoms with Crippen LogP contribution in [0, 0.1) is 0 Å². The molecule has 9 nitrogen and oxygen atoms in total. The molecule has 36 heavy (non-hydrogen) atoms. The van der Waals surface area contributed by atoms with Crippen LogP contribution in [0.1, 0.15) is 25.8 Å². The third kappa shape index (κ3) is 3.82. The Labute approximate surface area is 208 Å². The zero-order valence-electron chi connectivity index (χ0n) is 20.2. The molecular formula is C27H26N4O5. The van der Waals surface area contributed by atoms with Crippen molar-refractivity contribution in [2.24, 2.45) is 0 Å². The van der Waals surface area contributed by atoms with Gasteiger partial charge in [-0.3, -0.25) is 19.3 Å². The number of urea groups is 1. The third-order valence-electron chi connectivity index (χ3n) is 6.82. The van der Waals surface area contributed by atoms with Crippen molar-refractivity contribution < 1.29 is 23.9 Å². The summed E-state index contributed by atoms with van der Waals surface area (Å²) in [5.74, 6) is -0.456. The summed E-state index contributed by atoms with van der Waals surface area (Å²) >= 11 is 0. The van der Waals surface area contributed by atoms with E-state index in [-0.39, 0.29) is 12.3 Å². The van der Waals surface area contributed by atoms with E-state index in [0.29, 0.717) is 16.9 Å². The minimum absolute atomic E-state index is 0.0974. The highest BCUT2D eigenvalue weighted by molar-refractivity contribution is 6.12. The average Bonchev–Trinajstić information content (AvgIpc) is 2.99. The number of para-hydroxylation sites is 2. The van der Waals surface area contributed by atoms with Crippen molar-refractivity contribution in [1.82, 2.24) is 10.2 Å². The van der Waals surface area contributed by atoms with Gasteiger partial charge < -0.3 is 20.3 Å². The van der Waals surface area contributed by atoms with Crippen molar-refractivity contribution in [1.29, 1.82) is 0 Å². The van der Waals surface area contributed by atoms with E-state index in [9.17, 15) is 19.2 Å². The van der Waals surface area contributed by atoms with Gasteiger partial charge >= 0.3 is 6.03 Å². The minimum Gasteiger partial charge on any atom is -0.497 e. The smallest absolute Gasteiger partial charge is 0.325 e. The first-order valence-electron chi connectivity index (χ1n) is 11.6. The van der Waals surface area contributed by atoms with Crippen LogP contribution in [-0.2, 0) is 19.9 Å². The van der Waals surface area contributed by atoms with E-state index in [2.05, 4.69) is 10.6 Å². The lowest BCUT2D eigenvalue weighted by Crippen LogP contribution is -2.47. The highest BCUT2D eigenvalue weighted by Gasteiger charge is 2.50. The van der Waals surface area contributed by atoms with E-state index in [1.54, 1.807) is 51.3 Å². The van der Waals surface area contributed by atoms with E-state index in [1.165, 1.54) is 4.90 Å². The lowest BCUT2D eigenvalue weighted by Gasteiger charge is -2.29. The van der Waals surface area contributed by atoms with Crippen molar-refractivity contribution in [2.75, 3.05) is 23.9 Å². The fraction of sp³-hybridized carbons (Fsp3) is 0.259. The molecule has 5 amide bonds. The molecule has 0 bridgehead atoms. The second-order valence-electron chi connectivity index (χ2n) is 9.26. The molecule has 2 aliphatic heterocycles. The molecule has 0 radical (unpaired) electrons. The van der Waals surface area contributed by atoms with Crippen molar-refractivity contribution in [3.8, 4) is 5.75 Å². The summed E-state index contributed by atoms with van der Waals surface area (Å²) in [6, 6.07) is 17.0. The van der Waals surface area contributed by atoms with Gasteiger partial charge in [0.25, 0.3) is 5.91 Å². The largest absolute Gasteiger partial charge is 0.497 e. The predicted octanol–water partition coefficient (Wildman–Crippen LogP) is 3.38. The number of hydrogen-bond donors (Lipinski definition) is 2. The Hall–Kier alpha value is -4.40. The molecule has 0 spiro atoms. The van der Waals surface area contributed by atoms with Gasteiger partial charge in [0.2, 0.25) is 11.8 Å². The van der Waals surface area contributed by atoms with Crippen LogP contribution in [0.4, 0.5) is 16.2 Å². The van der Waals surface area contributed by atoms with Gasteiger partial charge in [-0.15, -0.1) is 0 Å². The van der Waals surface area contributed by atoms with Crippen LogP contribution in [0.3, 0.4) is 0 Å². The summed E-state index contributed by atoms with van der Waals surface area (Å²) in [4.78, 5) is 54.6. The number of methoxy groups -OCH3 is 1. The number of benzene rings is 3. The molecule has 3 aromatic carbocycles. The standard InChI is InChI=1S/C27H26N4O5/c1-16-12-23(32)28-21-6-4-5-7-22(21)31(16)24(33)15-30-25(34)27(2,29-26(30)35)19-10-8-18-14-20(36-3)11-9-17(18)13-19/h4-11,13-14,16H,12,15H2,1-3H3,(H,28,32)(H,29,35)/t16-,27-/m0/s1. The second kappa shape index (κ2) is 8.67. The molecule has 1 saturated heterocycles. The number of carbonyl (C=O) groups is 4. The van der Waals surface area contributed by atoms with Gasteiger partial charge in [-0.1, -0.05) is 30.3 Å². The van der Waals surface area contributed by atoms with Crippen molar-refractivity contribution in [2.45, 2.75) is 31.8 Å². The Kier molecular flexibility index (Phi) is 5.62. The third-order valence-corrected chi connectivity index (χ3v) is 6.82. The van der Waals surface area contributed by atoms with Crippen molar-refractivity contribution >= 4 is 45.9 Å². The van der Waals surface area contributed by atoms with Gasteiger partial charge in [-0.25, -0.2) is 4.79 Å². The Morgan fingerprint density at radius 1 is 1.06 bits per heavy atom. The molecule has 1 fully saturated rings. The number of nitrogens with zero attached hydrogens (tertiary/aromatic N) is 2. The molecule has 0 aliphatic carbocycles. The summed E-state index contributed by atoms with van der Waals surface area (Å²) in [6.45, 7) is 2.95. The number of anilines is 2. The Balaban J connectivity index is 1.42. The molecule has 3 aromatic rings. The SMILES string of the molecule is COc1ccc2cc([C@]3(C)NC(=O)N(CC(=O)N4c5ccccc5NC(=O)C[C@@H]4C)C3=O)ccc2c1. The summed E-state index contributed by atoms with van der Waals surface area (Å²) in [7, 11) is 1.60. The molecule has 0 unspecified atom stereocenters. The first-order chi connectivity index (χ1) is 17.2. The maximum Gasteiger partial charge on any atom is 0.325 e. The van der Waals surface area contributed by atoms with Crippen LogP contribution in [0.2, 0.25) is 0 Å². The van der Waals surface area contributed by atoms with Crippen LogP contribution in [-0.4, -0.2) is 48.3 Å². The molecule has 2 atom stereocenters. The molecule has 2 aliphatic rings. The summed E-state index contributed by atoms with van der Waals surface area (Å²) in [6.07, 6.45) is 0.0974. The van der Waals surface area contributed by atoms with Crippen LogP contribution < -0.4 is 20.3 Å². The molecular weight excluding hydrogens is 460 g/mol. The molecule has 2 heterocycles. The summed E-state index contributed by atoms with van der Waals surface area (Å²) < 4.78 is 5.27. The number of rotatable bonds is 4. The van der Waals surface area contributed by atoms with Gasteiger partial charge in [0.1, 0.15) is 17.8 Å². The molecule has 9 heteroatoms. The highest BCUT2D eigenvalue weighted by atomic mass is 16.5. The average molecular weight is 487 g/mol. The van der Waals surface area contributed by atoms with E-state index in [1.807, 2.05) is 30.3 Å². The molecule has 0 aromatic heterocycles. The Morgan fingerprint density at radius 2 is 1.78 bits per heavy atom. The molecule has 0 saturated carbocycles. The maximum atomic E-state index is 13.5. The number of hydrogen-bond acceptors (Lipinski definition) is 5. The quantitative estimate of drug-likeness (QED) is 0.550. The zero-order valence-corrected chi connectivity index (χ0v) is 20.2. The fourth-order valence-electron chi connectivity index (χ4n) is 4.88. The van der Waals surface area contributed by atoms with Gasteiger partial charge in [-0.2, -0.15) is 0 Å². The highest BCUT2D eigenvalue weighted by Crippen LogP contribution is 2.34. The topological polar surface area (TPSA) is 108 Å². The van der Waals surface area contributed by atoms with Gasteiger partial charge in [0, 0.05) is 12.5 Å². The summed E-state index contributed by atoms with van der Waals surface area (Å²) in [5, 5.41) is 7.39. The molecule has 5 rings (SSSR count). The maximum absolute atomic E-state index is 13.5. The number of amides is 5. The van der Waals surface area contributed by atoms with Crippen molar-refractivity contribution in [3.63, 3.8) is 0 Å². The van der Waals surface area contributed by atoms with Crippen LogP contribution in [0.25, 0.3) is 10.8 Å². The predicted molar refractivity (Wildman–Crippen MR) is 135 cm³/mol. The normalized spacial score (nSPS) is 21.6. The number of ether oxygens (including phenoxy) is 1. The lowest BCUT2D eigenvalue weighted by atomic mass is 9.90. The van der Waals surface area contributed by atoms with Gasteiger partial charge in [0.15, 0.2) is 0 Å². The van der Waals surface area contributed by atoms with E-state index in [0.717, 1.165) is 21.4 Å². The van der Waals surface area contributed by atoms with Gasteiger partial charge in [-0.05, 0) is 60.5 Å². The van der Waals surface area contributed by atoms with E-state index < -0.39 is 36.0 Å². The van der Waals surface area contributed by atoms with E-state index in [4.69, 9.17) is 4.74 Å². The number of imide groups is 1. The van der Waals surface area contributed by atoms with Crippen molar-refractivity contribution in [3.05, 3.63) is 66.2 Å². The van der Waals surface area contributed by atoms with Crippen LogP contribution in [0.5, 0.6) is 5.75 Å². The number of carbonyl (C=O) groups excluding carboxylic acids is 4. The first-order valence-corrected chi connectivity index (χ1v) is 11.6. The first kappa shape index (κ1) is 23.3. The molecule has 2 N–H and O–H groups in total. The van der Waals surface area contributed by atoms with Crippen LogP contribution >= 0.6 is 0 Å². The number of fused-ring (bicyclic) bond motifs is 2. The molecule has 184 valence electrons. The minimum atomic E-state index is -1.33.